The van der Waals surface area contributed by atoms with E-state index in [1.54, 1.807) is 18.6 Å². The van der Waals surface area contributed by atoms with Gasteiger partial charge >= 0.3 is 0 Å². The van der Waals surface area contributed by atoms with Crippen LogP contribution in [0.2, 0.25) is 0 Å². The van der Waals surface area contributed by atoms with E-state index in [1.807, 2.05) is 17.0 Å². The van der Waals surface area contributed by atoms with E-state index in [-0.39, 0.29) is 11.9 Å². The first kappa shape index (κ1) is 16.6. The summed E-state index contributed by atoms with van der Waals surface area (Å²) in [6.45, 7) is 6.48. The summed E-state index contributed by atoms with van der Waals surface area (Å²) in [6.07, 6.45) is 6.22. The second-order valence-electron chi connectivity index (χ2n) is 6.51. The van der Waals surface area contributed by atoms with Gasteiger partial charge in [0.2, 0.25) is 0 Å². The number of aromatic nitrogens is 2. The summed E-state index contributed by atoms with van der Waals surface area (Å²) in [5.74, 6) is 0.0982. The molecule has 2 aliphatic rings. The van der Waals surface area contributed by atoms with E-state index in [0.29, 0.717) is 10.9 Å². The highest BCUT2D eigenvalue weighted by Gasteiger charge is 2.38. The average molecular weight is 358 g/mol. The molecule has 0 aromatic carbocycles. The molecular weight excluding hydrogens is 336 g/mol. The monoisotopic (exact) mass is 358 g/mol. The Balaban J connectivity index is 1.47. The van der Waals surface area contributed by atoms with Crippen molar-refractivity contribution in [1.82, 2.24) is 19.8 Å². The maximum atomic E-state index is 13.0. The predicted molar refractivity (Wildman–Crippen MR) is 96.6 cm³/mol. The lowest BCUT2D eigenvalue weighted by atomic mass is 10.1. The zero-order valence-corrected chi connectivity index (χ0v) is 15.1. The van der Waals surface area contributed by atoms with Gasteiger partial charge in [0.05, 0.1) is 19.4 Å². The highest BCUT2D eigenvalue weighted by atomic mass is 32.1. The molecule has 0 bridgehead atoms. The van der Waals surface area contributed by atoms with E-state index in [1.165, 1.54) is 11.3 Å². The van der Waals surface area contributed by atoms with E-state index >= 15 is 0 Å². The van der Waals surface area contributed by atoms with E-state index in [0.717, 1.165) is 49.8 Å². The van der Waals surface area contributed by atoms with Gasteiger partial charge in [0.15, 0.2) is 0 Å². The number of nitrogens with zero attached hydrogens (tertiary/aromatic N) is 4. The molecule has 4 heterocycles. The van der Waals surface area contributed by atoms with Crippen molar-refractivity contribution in [3.8, 4) is 10.6 Å². The number of thiazole rings is 1. The van der Waals surface area contributed by atoms with Gasteiger partial charge in [-0.25, -0.2) is 4.98 Å². The molecule has 132 valence electrons. The molecule has 2 atom stereocenters. The third-order valence-corrected chi connectivity index (χ3v) is 6.17. The Hall–Kier alpha value is -1.83. The van der Waals surface area contributed by atoms with Gasteiger partial charge in [-0.15, -0.1) is 11.3 Å². The molecule has 0 aliphatic carbocycles. The van der Waals surface area contributed by atoms with Crippen LogP contribution in [0.3, 0.4) is 0 Å². The molecule has 1 amide bonds. The number of hydrogen-bond donors (Lipinski definition) is 0. The van der Waals surface area contributed by atoms with E-state index in [9.17, 15) is 4.79 Å². The fraction of sp³-hybridized carbons (Fsp3) is 0.500. The Morgan fingerprint density at radius 3 is 2.76 bits per heavy atom. The molecule has 6 nitrogen and oxygen atoms in total. The number of likely N-dealkylation sites (tertiary alicyclic amines) is 1. The van der Waals surface area contributed by atoms with Crippen LogP contribution in [0.25, 0.3) is 10.6 Å². The normalized spacial score (nSPS) is 24.6. The minimum Gasteiger partial charge on any atom is -0.379 e. The lowest BCUT2D eigenvalue weighted by Gasteiger charge is -2.35. The van der Waals surface area contributed by atoms with Crippen LogP contribution in [-0.4, -0.2) is 70.6 Å². The van der Waals surface area contributed by atoms with Crippen LogP contribution in [-0.2, 0) is 4.74 Å². The van der Waals surface area contributed by atoms with Gasteiger partial charge in [-0.3, -0.25) is 14.7 Å². The number of amides is 1. The Kier molecular flexibility index (Phi) is 4.78. The summed E-state index contributed by atoms with van der Waals surface area (Å²) in [5, 5.41) is 0.863. The fourth-order valence-electron chi connectivity index (χ4n) is 3.75. The SMILES string of the molecule is C[C@@H]1[C@H](N2CCOCC2)CCN1C(=O)c1cnc(-c2ccncc2)s1. The van der Waals surface area contributed by atoms with Crippen molar-refractivity contribution >= 4 is 17.2 Å². The Labute approximate surface area is 151 Å². The highest BCUT2D eigenvalue weighted by molar-refractivity contribution is 7.16. The van der Waals surface area contributed by atoms with Crippen LogP contribution in [0.5, 0.6) is 0 Å². The summed E-state index contributed by atoms with van der Waals surface area (Å²) in [5.41, 5.74) is 1.000. The number of carbonyl (C=O) groups excluding carboxylic acids is 1. The van der Waals surface area contributed by atoms with Gasteiger partial charge in [-0.05, 0) is 25.5 Å². The number of hydrogen-bond acceptors (Lipinski definition) is 6. The minimum atomic E-state index is 0.0982. The molecule has 2 aromatic heterocycles. The molecule has 4 rings (SSSR count). The number of rotatable bonds is 3. The smallest absolute Gasteiger partial charge is 0.265 e. The van der Waals surface area contributed by atoms with Crippen molar-refractivity contribution in [3.63, 3.8) is 0 Å². The maximum Gasteiger partial charge on any atom is 0.265 e. The second-order valence-corrected chi connectivity index (χ2v) is 7.54. The number of pyridine rings is 1. The molecule has 7 heteroatoms. The first-order chi connectivity index (χ1) is 12.2. The maximum absolute atomic E-state index is 13.0. The molecule has 2 fully saturated rings. The minimum absolute atomic E-state index is 0.0982. The largest absolute Gasteiger partial charge is 0.379 e. The Morgan fingerprint density at radius 1 is 1.24 bits per heavy atom. The summed E-state index contributed by atoms with van der Waals surface area (Å²) in [7, 11) is 0. The van der Waals surface area contributed by atoms with Gasteiger partial charge in [0, 0.05) is 49.7 Å². The molecule has 0 N–H and O–H groups in total. The molecule has 0 unspecified atom stereocenters. The van der Waals surface area contributed by atoms with E-state index in [4.69, 9.17) is 4.74 Å². The molecule has 2 saturated heterocycles. The van der Waals surface area contributed by atoms with E-state index in [2.05, 4.69) is 21.8 Å². The van der Waals surface area contributed by atoms with Crippen molar-refractivity contribution < 1.29 is 9.53 Å². The third kappa shape index (κ3) is 3.31. The molecule has 25 heavy (non-hydrogen) atoms. The second kappa shape index (κ2) is 7.19. The van der Waals surface area contributed by atoms with Gasteiger partial charge in [-0.1, -0.05) is 0 Å². The summed E-state index contributed by atoms with van der Waals surface area (Å²) >= 11 is 1.46. The Bertz CT molecular complexity index is 730. The topological polar surface area (TPSA) is 58.6 Å². The van der Waals surface area contributed by atoms with Crippen molar-refractivity contribution in [3.05, 3.63) is 35.6 Å². The van der Waals surface area contributed by atoms with Crippen molar-refractivity contribution in [1.29, 1.82) is 0 Å². The first-order valence-corrected chi connectivity index (χ1v) is 9.54. The summed E-state index contributed by atoms with van der Waals surface area (Å²) in [6, 6.07) is 4.48. The van der Waals surface area contributed by atoms with Crippen molar-refractivity contribution in [2.45, 2.75) is 25.4 Å². The third-order valence-electron chi connectivity index (χ3n) is 5.13. The van der Waals surface area contributed by atoms with E-state index < -0.39 is 0 Å². The zero-order chi connectivity index (χ0) is 17.2. The number of morpholine rings is 1. The van der Waals surface area contributed by atoms with Crippen LogP contribution in [0.1, 0.15) is 23.0 Å². The molecular formula is C18H22N4O2S. The molecule has 0 saturated carbocycles. The van der Waals surface area contributed by atoms with Gasteiger partial charge in [0.25, 0.3) is 5.91 Å². The summed E-state index contributed by atoms with van der Waals surface area (Å²) in [4.78, 5) is 26.6. The van der Waals surface area contributed by atoms with Gasteiger partial charge < -0.3 is 9.64 Å². The summed E-state index contributed by atoms with van der Waals surface area (Å²) < 4.78 is 5.45. The average Bonchev–Trinajstić information content (AvgIpc) is 3.30. The molecule has 2 aromatic rings. The zero-order valence-electron chi connectivity index (χ0n) is 14.3. The highest BCUT2D eigenvalue weighted by Crippen LogP contribution is 2.29. The van der Waals surface area contributed by atoms with Gasteiger partial charge in [0.1, 0.15) is 9.88 Å². The number of carbonyl (C=O) groups is 1. The van der Waals surface area contributed by atoms with Gasteiger partial charge in [-0.2, -0.15) is 0 Å². The fourth-order valence-corrected chi connectivity index (χ4v) is 4.63. The van der Waals surface area contributed by atoms with Crippen LogP contribution in [0.15, 0.2) is 30.7 Å². The van der Waals surface area contributed by atoms with Crippen LogP contribution in [0.4, 0.5) is 0 Å². The number of ether oxygens (including phenoxy) is 1. The molecule has 0 radical (unpaired) electrons. The lowest BCUT2D eigenvalue weighted by molar-refractivity contribution is 0.0105. The first-order valence-electron chi connectivity index (χ1n) is 8.73. The molecule has 2 aliphatic heterocycles. The van der Waals surface area contributed by atoms with Crippen LogP contribution < -0.4 is 0 Å². The quantitative estimate of drug-likeness (QED) is 0.841. The van der Waals surface area contributed by atoms with Crippen LogP contribution in [0, 0.1) is 0 Å². The lowest BCUT2D eigenvalue weighted by Crippen LogP contribution is -2.49. The van der Waals surface area contributed by atoms with Crippen LogP contribution >= 0.6 is 11.3 Å². The molecule has 0 spiro atoms. The predicted octanol–water partition coefficient (Wildman–Crippen LogP) is 2.14. The van der Waals surface area contributed by atoms with Crippen molar-refractivity contribution in [2.24, 2.45) is 0 Å². The van der Waals surface area contributed by atoms with Crippen molar-refractivity contribution in [2.75, 3.05) is 32.8 Å². The standard InChI is InChI=1S/C18H22N4O2S/c1-13-15(21-8-10-24-11-9-21)4-7-22(13)18(23)16-12-20-17(25-16)14-2-5-19-6-3-14/h2-3,5-6,12-13,15H,4,7-11H2,1H3/t13-,15-/m1/s1. The Morgan fingerprint density at radius 2 is 2.00 bits per heavy atom.